The van der Waals surface area contributed by atoms with Gasteiger partial charge in [-0.1, -0.05) is 31.9 Å². The molecule has 0 unspecified atom stereocenters. The van der Waals surface area contributed by atoms with Gasteiger partial charge in [0, 0.05) is 12.1 Å². The van der Waals surface area contributed by atoms with Gasteiger partial charge in [-0.2, -0.15) is 13.2 Å². The average molecular weight is 383 g/mol. The van der Waals surface area contributed by atoms with E-state index < -0.39 is 23.8 Å². The van der Waals surface area contributed by atoms with Crippen molar-refractivity contribution in [2.45, 2.75) is 57.9 Å². The van der Waals surface area contributed by atoms with Crippen molar-refractivity contribution >= 4 is 18.0 Å². The average Bonchev–Trinajstić information content (AvgIpc) is 2.61. The molecule has 1 saturated carbocycles. The number of hydrogen-bond donors (Lipinski definition) is 1. The standard InChI is InChI=1S/C20H24F3NO3/c1-13-6-3-4-9-17(13)24-19(26)14(2)27-18(25)11-10-15-7-5-8-16(12-15)20(21,22)23/h5,7-8,10-14,17H,3-4,6,9H2,1-2H3,(H,24,26)/b11-10+/t13-,14+,17+/m0/s1. The molecule has 1 aromatic carbocycles. The van der Waals surface area contributed by atoms with E-state index in [1.807, 2.05) is 0 Å². The second-order valence-corrected chi connectivity index (χ2v) is 6.91. The zero-order valence-corrected chi connectivity index (χ0v) is 15.4. The summed E-state index contributed by atoms with van der Waals surface area (Å²) in [6.45, 7) is 3.55. The van der Waals surface area contributed by atoms with Crippen LogP contribution in [0.1, 0.15) is 50.7 Å². The molecular formula is C20H24F3NO3. The molecule has 1 aromatic rings. The molecule has 27 heavy (non-hydrogen) atoms. The molecule has 0 bridgehead atoms. The van der Waals surface area contributed by atoms with Crippen molar-refractivity contribution in [2.24, 2.45) is 5.92 Å². The van der Waals surface area contributed by atoms with Crippen LogP contribution in [0.15, 0.2) is 30.3 Å². The second-order valence-electron chi connectivity index (χ2n) is 6.91. The Balaban J connectivity index is 1.89. The van der Waals surface area contributed by atoms with Gasteiger partial charge in [-0.3, -0.25) is 4.79 Å². The van der Waals surface area contributed by atoms with Gasteiger partial charge in [0.05, 0.1) is 5.56 Å². The zero-order chi connectivity index (χ0) is 20.0. The van der Waals surface area contributed by atoms with E-state index in [9.17, 15) is 22.8 Å². The molecule has 4 nitrogen and oxygen atoms in total. The molecule has 1 amide bonds. The Morgan fingerprint density at radius 2 is 1.96 bits per heavy atom. The summed E-state index contributed by atoms with van der Waals surface area (Å²) in [4.78, 5) is 24.0. The molecule has 0 aliphatic heterocycles. The minimum Gasteiger partial charge on any atom is -0.449 e. The number of halogens is 3. The molecule has 1 fully saturated rings. The molecule has 0 saturated heterocycles. The highest BCUT2D eigenvalue weighted by atomic mass is 19.4. The summed E-state index contributed by atoms with van der Waals surface area (Å²) in [6.07, 6.45) is 0.989. The van der Waals surface area contributed by atoms with E-state index in [4.69, 9.17) is 4.74 Å². The Kier molecular flexibility index (Phi) is 7.05. The van der Waals surface area contributed by atoms with Crippen LogP contribution >= 0.6 is 0 Å². The second kappa shape index (κ2) is 9.06. The lowest BCUT2D eigenvalue weighted by atomic mass is 9.86. The molecular weight excluding hydrogens is 359 g/mol. The summed E-state index contributed by atoms with van der Waals surface area (Å²) in [5.74, 6) is -0.771. The first-order valence-electron chi connectivity index (χ1n) is 9.03. The molecule has 7 heteroatoms. The quantitative estimate of drug-likeness (QED) is 0.608. The maximum absolute atomic E-state index is 12.7. The smallest absolute Gasteiger partial charge is 0.416 e. The highest BCUT2D eigenvalue weighted by molar-refractivity contribution is 5.90. The highest BCUT2D eigenvalue weighted by Gasteiger charge is 2.30. The van der Waals surface area contributed by atoms with Crippen LogP contribution in [-0.4, -0.2) is 24.0 Å². The predicted octanol–water partition coefficient (Wildman–Crippen LogP) is 4.35. The van der Waals surface area contributed by atoms with Crippen molar-refractivity contribution < 1.29 is 27.5 Å². The van der Waals surface area contributed by atoms with Crippen LogP contribution in [-0.2, 0) is 20.5 Å². The van der Waals surface area contributed by atoms with Crippen LogP contribution in [0.3, 0.4) is 0 Å². The minimum absolute atomic E-state index is 0.0769. The summed E-state index contributed by atoms with van der Waals surface area (Å²) in [7, 11) is 0. The Hall–Kier alpha value is -2.31. The van der Waals surface area contributed by atoms with Gasteiger partial charge in [0.25, 0.3) is 5.91 Å². The number of nitrogens with one attached hydrogen (secondary N) is 1. The van der Waals surface area contributed by atoms with Crippen molar-refractivity contribution in [1.29, 1.82) is 0 Å². The largest absolute Gasteiger partial charge is 0.449 e. The molecule has 3 atom stereocenters. The highest BCUT2D eigenvalue weighted by Crippen LogP contribution is 2.29. The van der Waals surface area contributed by atoms with Crippen LogP contribution in [0.4, 0.5) is 13.2 Å². The van der Waals surface area contributed by atoms with Crippen molar-refractivity contribution in [3.05, 3.63) is 41.5 Å². The van der Waals surface area contributed by atoms with Gasteiger partial charge in [0.1, 0.15) is 0 Å². The van der Waals surface area contributed by atoms with E-state index >= 15 is 0 Å². The van der Waals surface area contributed by atoms with Crippen molar-refractivity contribution in [3.63, 3.8) is 0 Å². The third kappa shape index (κ3) is 6.41. The molecule has 1 N–H and O–H groups in total. The van der Waals surface area contributed by atoms with Crippen molar-refractivity contribution in [1.82, 2.24) is 5.32 Å². The summed E-state index contributed by atoms with van der Waals surface area (Å²) in [5.41, 5.74) is -0.581. The molecule has 2 rings (SSSR count). The van der Waals surface area contributed by atoms with Crippen molar-refractivity contribution in [2.75, 3.05) is 0 Å². The predicted molar refractivity (Wildman–Crippen MR) is 95.6 cm³/mol. The molecule has 1 aliphatic carbocycles. The van der Waals surface area contributed by atoms with Crippen LogP contribution in [0.2, 0.25) is 0 Å². The van der Waals surface area contributed by atoms with Crippen LogP contribution in [0.25, 0.3) is 6.08 Å². The molecule has 0 spiro atoms. The molecule has 0 aromatic heterocycles. The zero-order valence-electron chi connectivity index (χ0n) is 15.4. The number of carbonyl (C=O) groups is 2. The fourth-order valence-electron chi connectivity index (χ4n) is 3.08. The lowest BCUT2D eigenvalue weighted by Crippen LogP contribution is -2.45. The number of carbonyl (C=O) groups excluding carboxylic acids is 2. The number of hydrogen-bond acceptors (Lipinski definition) is 3. The van der Waals surface area contributed by atoms with Gasteiger partial charge in [0.2, 0.25) is 0 Å². The van der Waals surface area contributed by atoms with E-state index in [0.717, 1.165) is 43.9 Å². The van der Waals surface area contributed by atoms with Crippen molar-refractivity contribution in [3.8, 4) is 0 Å². The summed E-state index contributed by atoms with van der Waals surface area (Å²) in [6, 6.07) is 4.67. The van der Waals surface area contributed by atoms with Gasteiger partial charge in [-0.15, -0.1) is 0 Å². The summed E-state index contributed by atoms with van der Waals surface area (Å²) < 4.78 is 43.1. The lowest BCUT2D eigenvalue weighted by molar-refractivity contribution is -0.150. The van der Waals surface area contributed by atoms with E-state index in [0.29, 0.717) is 5.92 Å². The summed E-state index contributed by atoms with van der Waals surface area (Å²) in [5, 5.41) is 2.91. The Morgan fingerprint density at radius 1 is 1.26 bits per heavy atom. The first-order chi connectivity index (χ1) is 12.7. The maximum Gasteiger partial charge on any atom is 0.416 e. The number of rotatable bonds is 5. The van der Waals surface area contributed by atoms with Gasteiger partial charge in [0.15, 0.2) is 6.10 Å². The van der Waals surface area contributed by atoms with Gasteiger partial charge in [-0.25, -0.2) is 4.79 Å². The molecule has 1 aliphatic rings. The van der Waals surface area contributed by atoms with Crippen LogP contribution in [0.5, 0.6) is 0 Å². The minimum atomic E-state index is -4.45. The monoisotopic (exact) mass is 383 g/mol. The van der Waals surface area contributed by atoms with Gasteiger partial charge >= 0.3 is 12.1 Å². The van der Waals surface area contributed by atoms with E-state index in [1.54, 1.807) is 0 Å². The fourth-order valence-corrected chi connectivity index (χ4v) is 3.08. The number of alkyl halides is 3. The number of benzene rings is 1. The molecule has 0 heterocycles. The first-order valence-corrected chi connectivity index (χ1v) is 9.03. The fraction of sp³-hybridized carbons (Fsp3) is 0.500. The number of esters is 1. The molecule has 0 radical (unpaired) electrons. The van der Waals surface area contributed by atoms with E-state index in [1.165, 1.54) is 25.1 Å². The lowest BCUT2D eigenvalue weighted by Gasteiger charge is -2.30. The van der Waals surface area contributed by atoms with Gasteiger partial charge < -0.3 is 10.1 Å². The number of ether oxygens (including phenoxy) is 1. The number of amides is 1. The third-order valence-corrected chi connectivity index (χ3v) is 4.73. The van der Waals surface area contributed by atoms with E-state index in [2.05, 4.69) is 12.2 Å². The van der Waals surface area contributed by atoms with E-state index in [-0.39, 0.29) is 17.5 Å². The SMILES string of the molecule is C[C@@H](OC(=O)/C=C/c1cccc(C(F)(F)F)c1)C(=O)N[C@@H]1CCCC[C@@H]1C. The topological polar surface area (TPSA) is 55.4 Å². The van der Waals surface area contributed by atoms with Gasteiger partial charge in [-0.05, 0) is 49.5 Å². The first kappa shape index (κ1) is 21.0. The normalized spacial score (nSPS) is 21.7. The molecule has 148 valence electrons. The Labute approximate surface area is 156 Å². The third-order valence-electron chi connectivity index (χ3n) is 4.73. The summed E-state index contributed by atoms with van der Waals surface area (Å²) >= 11 is 0. The Bertz CT molecular complexity index is 700. The van der Waals surface area contributed by atoms with Crippen LogP contribution < -0.4 is 5.32 Å². The Morgan fingerprint density at radius 3 is 2.63 bits per heavy atom. The van der Waals surface area contributed by atoms with Crippen LogP contribution in [0, 0.1) is 5.92 Å². The maximum atomic E-state index is 12.7.